The number of para-hydroxylation sites is 2. The average Bonchev–Trinajstić information content (AvgIpc) is 3.25. The van der Waals surface area contributed by atoms with Gasteiger partial charge in [0.15, 0.2) is 5.82 Å². The quantitative estimate of drug-likeness (QED) is 0.498. The molecule has 0 atom stereocenters. The molecular formula is C15H16N9+. The number of nitrogens with zero attached hydrogens (tertiary/aromatic N) is 9. The summed E-state index contributed by atoms with van der Waals surface area (Å²) in [5.74, 6) is 0.793. The van der Waals surface area contributed by atoms with Crippen LogP contribution in [-0.2, 0) is 7.05 Å². The number of rotatable bonds is 2. The minimum atomic E-state index is 0.793. The summed E-state index contributed by atoms with van der Waals surface area (Å²) in [7, 11) is 1.78. The third-order valence-corrected chi connectivity index (χ3v) is 3.18. The number of hydrogen-bond acceptors (Lipinski definition) is 6. The van der Waals surface area contributed by atoms with Crippen molar-refractivity contribution in [3.63, 3.8) is 0 Å². The molecule has 0 spiro atoms. The van der Waals surface area contributed by atoms with Gasteiger partial charge in [-0.2, -0.15) is 4.68 Å². The molecule has 0 saturated carbocycles. The van der Waals surface area contributed by atoms with Crippen LogP contribution in [0.4, 0.5) is 0 Å². The van der Waals surface area contributed by atoms with Crippen molar-refractivity contribution in [2.75, 3.05) is 0 Å². The predicted molar refractivity (Wildman–Crippen MR) is 84.2 cm³/mol. The summed E-state index contributed by atoms with van der Waals surface area (Å²) < 4.78 is 1.69. The molecule has 0 amide bonds. The Hall–Kier alpha value is -3.49. The van der Waals surface area contributed by atoms with Crippen LogP contribution in [0.25, 0.3) is 11.4 Å². The maximum Gasteiger partial charge on any atom is 0.231 e. The fraction of sp³-hybridized carbons (Fsp3) is 0.133. The third kappa shape index (κ3) is 3.46. The number of aryl methyl sites for hydroxylation is 2. The van der Waals surface area contributed by atoms with Crippen molar-refractivity contribution in [1.29, 1.82) is 0 Å². The second-order valence-corrected chi connectivity index (χ2v) is 4.86. The van der Waals surface area contributed by atoms with Crippen molar-refractivity contribution in [3.05, 3.63) is 66.5 Å². The zero-order valence-corrected chi connectivity index (χ0v) is 13.3. The van der Waals surface area contributed by atoms with Crippen molar-refractivity contribution in [3.8, 4) is 11.4 Å². The number of aromatic nitrogens is 9. The van der Waals surface area contributed by atoms with Gasteiger partial charge in [-0.05, 0) is 46.4 Å². The van der Waals surface area contributed by atoms with Gasteiger partial charge in [-0.1, -0.05) is 41.2 Å². The van der Waals surface area contributed by atoms with Crippen LogP contribution in [0.2, 0.25) is 0 Å². The lowest BCUT2D eigenvalue weighted by Crippen LogP contribution is -2.41. The SMILES string of the molecule is C[n+]1nnnn1-c1ccccc1.Cc1nnnn1-c1ccccc1. The Morgan fingerprint density at radius 1 is 0.792 bits per heavy atom. The zero-order valence-electron chi connectivity index (χ0n) is 13.3. The maximum atomic E-state index is 3.84. The Morgan fingerprint density at radius 2 is 1.42 bits per heavy atom. The van der Waals surface area contributed by atoms with Gasteiger partial charge in [-0.3, -0.25) is 0 Å². The summed E-state index contributed by atoms with van der Waals surface area (Å²) >= 11 is 0. The first-order valence-electron chi connectivity index (χ1n) is 7.26. The van der Waals surface area contributed by atoms with Gasteiger partial charge in [-0.15, -0.1) is 5.10 Å². The molecule has 2 aromatic carbocycles. The lowest BCUT2D eigenvalue weighted by Gasteiger charge is -1.98. The standard InChI is InChI=1S/C8H8N4.C7H8N5/c1-7-9-10-11-12(7)8-5-3-2-4-6-8;1-11-9-8-10-12(11)7-5-3-2-4-6-7/h2*2-6H,1H3/q;+1. The summed E-state index contributed by atoms with van der Waals surface area (Å²) in [6.45, 7) is 1.87. The van der Waals surface area contributed by atoms with E-state index in [-0.39, 0.29) is 0 Å². The van der Waals surface area contributed by atoms with E-state index in [2.05, 4.69) is 31.2 Å². The summed E-state index contributed by atoms with van der Waals surface area (Å²) in [6.07, 6.45) is 0. The minimum absolute atomic E-state index is 0.793. The van der Waals surface area contributed by atoms with Gasteiger partial charge in [-0.25, -0.2) is 0 Å². The Morgan fingerprint density at radius 3 is 1.92 bits per heavy atom. The highest BCUT2D eigenvalue weighted by molar-refractivity contribution is 5.30. The summed E-state index contributed by atoms with van der Waals surface area (Å²) in [5.41, 5.74) is 1.94. The molecule has 0 aliphatic heterocycles. The molecule has 120 valence electrons. The maximum absolute atomic E-state index is 3.84. The fourth-order valence-electron chi connectivity index (χ4n) is 2.03. The van der Waals surface area contributed by atoms with Crippen LogP contribution >= 0.6 is 0 Å². The van der Waals surface area contributed by atoms with E-state index in [9.17, 15) is 0 Å². The smallest absolute Gasteiger partial charge is 0.198 e. The second kappa shape index (κ2) is 7.18. The Labute approximate surface area is 138 Å². The van der Waals surface area contributed by atoms with Gasteiger partial charge < -0.3 is 0 Å². The zero-order chi connectivity index (χ0) is 16.8. The minimum Gasteiger partial charge on any atom is -0.198 e. The van der Waals surface area contributed by atoms with E-state index in [0.717, 1.165) is 17.2 Å². The molecule has 4 aromatic rings. The molecule has 0 unspecified atom stereocenters. The van der Waals surface area contributed by atoms with Crippen LogP contribution in [-0.4, -0.2) is 40.6 Å². The third-order valence-electron chi connectivity index (χ3n) is 3.18. The molecule has 9 heteroatoms. The predicted octanol–water partition coefficient (Wildman–Crippen LogP) is 0.458. The molecule has 24 heavy (non-hydrogen) atoms. The molecule has 0 fully saturated rings. The van der Waals surface area contributed by atoms with Gasteiger partial charge in [0.05, 0.1) is 5.69 Å². The first kappa shape index (κ1) is 15.4. The van der Waals surface area contributed by atoms with E-state index in [1.54, 1.807) is 21.3 Å². The van der Waals surface area contributed by atoms with Crippen molar-refractivity contribution in [1.82, 2.24) is 40.6 Å². The molecule has 0 N–H and O–H groups in total. The molecule has 0 saturated heterocycles. The fourth-order valence-corrected chi connectivity index (χ4v) is 2.03. The molecule has 0 aliphatic rings. The van der Waals surface area contributed by atoms with Crippen LogP contribution in [0, 0.1) is 6.92 Å². The Bertz CT molecular complexity index is 808. The summed E-state index contributed by atoms with van der Waals surface area (Å²) in [6, 6.07) is 19.5. The van der Waals surface area contributed by atoms with Crippen LogP contribution in [0.15, 0.2) is 60.7 Å². The molecule has 0 radical (unpaired) electrons. The normalized spacial score (nSPS) is 10.1. The van der Waals surface area contributed by atoms with E-state index in [4.69, 9.17) is 0 Å². The lowest BCUT2D eigenvalue weighted by atomic mass is 10.3. The first-order valence-corrected chi connectivity index (χ1v) is 7.26. The molecule has 2 aromatic heterocycles. The summed E-state index contributed by atoms with van der Waals surface area (Å²) in [5, 5.41) is 22.2. The van der Waals surface area contributed by atoms with Crippen molar-refractivity contribution in [2.45, 2.75) is 6.92 Å². The van der Waals surface area contributed by atoms with Gasteiger partial charge in [0.1, 0.15) is 17.9 Å². The summed E-state index contributed by atoms with van der Waals surface area (Å²) in [4.78, 5) is 3.18. The van der Waals surface area contributed by atoms with E-state index in [0.29, 0.717) is 0 Å². The Balaban J connectivity index is 0.000000141. The van der Waals surface area contributed by atoms with Crippen molar-refractivity contribution in [2.24, 2.45) is 7.05 Å². The molecule has 0 aliphatic carbocycles. The highest BCUT2D eigenvalue weighted by Crippen LogP contribution is 2.05. The van der Waals surface area contributed by atoms with Gasteiger partial charge in [0, 0.05) is 0 Å². The number of benzene rings is 2. The van der Waals surface area contributed by atoms with Crippen LogP contribution < -0.4 is 4.80 Å². The topological polar surface area (TPSA) is 91.1 Å². The largest absolute Gasteiger partial charge is 0.231 e. The van der Waals surface area contributed by atoms with E-state index in [1.165, 1.54) is 0 Å². The lowest BCUT2D eigenvalue weighted by molar-refractivity contribution is -0.802. The van der Waals surface area contributed by atoms with Gasteiger partial charge >= 0.3 is 0 Å². The van der Waals surface area contributed by atoms with Crippen LogP contribution in [0.3, 0.4) is 0 Å². The van der Waals surface area contributed by atoms with E-state index >= 15 is 0 Å². The number of tetrazole rings is 1. The van der Waals surface area contributed by atoms with Crippen molar-refractivity contribution < 1.29 is 4.80 Å². The van der Waals surface area contributed by atoms with Crippen LogP contribution in [0.5, 0.6) is 0 Å². The van der Waals surface area contributed by atoms with E-state index in [1.807, 2.05) is 67.6 Å². The molecule has 9 nitrogen and oxygen atoms in total. The highest BCUT2D eigenvalue weighted by atomic mass is 15.8. The van der Waals surface area contributed by atoms with Gasteiger partial charge in [0.25, 0.3) is 0 Å². The van der Waals surface area contributed by atoms with Crippen molar-refractivity contribution >= 4 is 0 Å². The van der Waals surface area contributed by atoms with Crippen LogP contribution in [0.1, 0.15) is 5.82 Å². The van der Waals surface area contributed by atoms with E-state index < -0.39 is 0 Å². The Kier molecular flexibility index (Phi) is 4.61. The molecular weight excluding hydrogens is 306 g/mol. The average molecular weight is 322 g/mol. The second-order valence-electron chi connectivity index (χ2n) is 4.86. The molecule has 0 bridgehead atoms. The molecule has 4 rings (SSSR count). The van der Waals surface area contributed by atoms with Gasteiger partial charge in [0.2, 0.25) is 10.4 Å². The highest BCUT2D eigenvalue weighted by Gasteiger charge is 2.08. The first-order chi connectivity index (χ1) is 11.8. The number of hydrogen-bond donors (Lipinski definition) is 0. The molecule has 2 heterocycles. The monoisotopic (exact) mass is 322 g/mol.